The molecule has 0 spiro atoms. The lowest BCUT2D eigenvalue weighted by Crippen LogP contribution is -2.23. The molecular weight excluding hydrogens is 324 g/mol. The van der Waals surface area contributed by atoms with Gasteiger partial charge in [0.2, 0.25) is 0 Å². The van der Waals surface area contributed by atoms with E-state index in [9.17, 15) is 0 Å². The molecule has 126 valence electrons. The van der Waals surface area contributed by atoms with Gasteiger partial charge >= 0.3 is 0 Å². The van der Waals surface area contributed by atoms with Crippen LogP contribution in [0.2, 0.25) is 5.02 Å². The maximum atomic E-state index is 6.26. The highest BCUT2D eigenvalue weighted by Gasteiger charge is 2.29. The van der Waals surface area contributed by atoms with Crippen LogP contribution in [-0.2, 0) is 4.74 Å². The number of pyridine rings is 1. The molecule has 0 unspecified atom stereocenters. The van der Waals surface area contributed by atoms with Crippen molar-refractivity contribution in [2.45, 2.75) is 31.6 Å². The number of aromatic nitrogens is 3. The first-order chi connectivity index (χ1) is 11.8. The normalized spacial score (nSPS) is 18.5. The Morgan fingerprint density at radius 1 is 1.17 bits per heavy atom. The van der Waals surface area contributed by atoms with Gasteiger partial charge in [-0.3, -0.25) is 9.97 Å². The number of hydrogen-bond donors (Lipinski definition) is 1. The van der Waals surface area contributed by atoms with Crippen LogP contribution in [0.5, 0.6) is 0 Å². The van der Waals surface area contributed by atoms with E-state index in [1.54, 1.807) is 12.4 Å². The summed E-state index contributed by atoms with van der Waals surface area (Å²) in [5, 5.41) is 4.14. The van der Waals surface area contributed by atoms with E-state index < -0.39 is 0 Å². The summed E-state index contributed by atoms with van der Waals surface area (Å²) < 4.78 is 5.44. The molecule has 5 nitrogen and oxygen atoms in total. The van der Waals surface area contributed by atoms with Crippen LogP contribution in [0.4, 0.5) is 5.82 Å². The van der Waals surface area contributed by atoms with Gasteiger partial charge in [-0.15, -0.1) is 0 Å². The lowest BCUT2D eigenvalue weighted by molar-refractivity contribution is 0.0699. The van der Waals surface area contributed by atoms with Crippen LogP contribution < -0.4 is 5.32 Å². The minimum absolute atomic E-state index is 0.552. The predicted molar refractivity (Wildman–Crippen MR) is 94.3 cm³/mol. The average molecular weight is 345 g/mol. The number of ether oxygens (including phenoxy) is 1. The predicted octanol–water partition coefficient (Wildman–Crippen LogP) is 3.91. The smallest absolute Gasteiger partial charge is 0.148 e. The Kier molecular flexibility index (Phi) is 4.63. The minimum atomic E-state index is 0.552. The van der Waals surface area contributed by atoms with E-state index >= 15 is 0 Å². The summed E-state index contributed by atoms with van der Waals surface area (Å²) in [4.78, 5) is 13.6. The molecule has 2 aromatic rings. The topological polar surface area (TPSA) is 59.9 Å². The van der Waals surface area contributed by atoms with Crippen LogP contribution >= 0.6 is 11.6 Å². The monoisotopic (exact) mass is 344 g/mol. The van der Waals surface area contributed by atoms with Gasteiger partial charge in [-0.1, -0.05) is 11.6 Å². The van der Waals surface area contributed by atoms with Crippen molar-refractivity contribution < 1.29 is 4.74 Å². The molecule has 0 radical (unpaired) electrons. The molecule has 1 saturated carbocycles. The van der Waals surface area contributed by atoms with E-state index in [0.29, 0.717) is 16.9 Å². The van der Waals surface area contributed by atoms with Gasteiger partial charge in [0.15, 0.2) is 0 Å². The van der Waals surface area contributed by atoms with E-state index in [1.807, 2.05) is 12.3 Å². The molecule has 0 bridgehead atoms. The molecule has 3 heterocycles. The van der Waals surface area contributed by atoms with Crippen LogP contribution in [0.3, 0.4) is 0 Å². The van der Waals surface area contributed by atoms with E-state index in [4.69, 9.17) is 26.3 Å². The summed E-state index contributed by atoms with van der Waals surface area (Å²) >= 11 is 6.26. The van der Waals surface area contributed by atoms with E-state index in [0.717, 1.165) is 55.4 Å². The molecule has 0 aromatic carbocycles. The summed E-state index contributed by atoms with van der Waals surface area (Å²) in [5.74, 6) is 2.10. The maximum Gasteiger partial charge on any atom is 0.148 e. The van der Waals surface area contributed by atoms with E-state index in [-0.39, 0.29) is 0 Å². The fourth-order valence-electron chi connectivity index (χ4n) is 3.09. The van der Waals surface area contributed by atoms with Gasteiger partial charge in [0.05, 0.1) is 22.6 Å². The molecule has 4 rings (SSSR count). The standard InChI is InChI=1S/C18H21ClN4O/c19-15-10-20-6-3-14(15)16-11-21-17(13-1-2-13)18(23-16)22-9-12-4-7-24-8-5-12/h3,6,10-13H,1-2,4-5,7-9H2,(H,22,23). The fraction of sp³-hybridized carbons (Fsp3) is 0.500. The molecule has 1 aliphatic heterocycles. The number of nitrogens with one attached hydrogen (secondary N) is 1. The molecule has 1 saturated heterocycles. The van der Waals surface area contributed by atoms with Crippen molar-refractivity contribution in [2.75, 3.05) is 25.1 Å². The molecular formula is C18H21ClN4O. The fourth-order valence-corrected chi connectivity index (χ4v) is 3.30. The molecule has 2 aromatic heterocycles. The molecule has 1 aliphatic carbocycles. The highest BCUT2D eigenvalue weighted by Crippen LogP contribution is 2.42. The Morgan fingerprint density at radius 3 is 2.75 bits per heavy atom. The molecule has 1 N–H and O–H groups in total. The largest absolute Gasteiger partial charge is 0.381 e. The number of nitrogens with zero attached hydrogens (tertiary/aromatic N) is 3. The van der Waals surface area contributed by atoms with Gasteiger partial charge in [0, 0.05) is 43.6 Å². The van der Waals surface area contributed by atoms with Crippen LogP contribution in [0, 0.1) is 5.92 Å². The maximum absolute atomic E-state index is 6.26. The second kappa shape index (κ2) is 7.03. The van der Waals surface area contributed by atoms with Gasteiger partial charge in [-0.2, -0.15) is 0 Å². The number of rotatable bonds is 5. The Bertz CT molecular complexity index is 714. The lowest BCUT2D eigenvalue weighted by atomic mass is 10.0. The van der Waals surface area contributed by atoms with Gasteiger partial charge in [-0.25, -0.2) is 4.98 Å². The zero-order valence-corrected chi connectivity index (χ0v) is 14.3. The summed E-state index contributed by atoms with van der Waals surface area (Å²) in [5.41, 5.74) is 2.76. The second-order valence-corrected chi connectivity index (χ2v) is 6.96. The SMILES string of the molecule is Clc1cnccc1-c1cnc(C2CC2)c(NCC2CCOCC2)n1. The van der Waals surface area contributed by atoms with Crippen molar-refractivity contribution in [3.63, 3.8) is 0 Å². The third-order valence-electron chi connectivity index (χ3n) is 4.71. The van der Waals surface area contributed by atoms with Crippen LogP contribution in [-0.4, -0.2) is 34.7 Å². The lowest BCUT2D eigenvalue weighted by Gasteiger charge is -2.23. The highest BCUT2D eigenvalue weighted by atomic mass is 35.5. The molecule has 24 heavy (non-hydrogen) atoms. The third-order valence-corrected chi connectivity index (χ3v) is 5.01. The van der Waals surface area contributed by atoms with Gasteiger partial charge < -0.3 is 10.1 Å². The van der Waals surface area contributed by atoms with Gasteiger partial charge in [0.1, 0.15) is 5.82 Å². The van der Waals surface area contributed by atoms with Crippen molar-refractivity contribution >= 4 is 17.4 Å². The summed E-state index contributed by atoms with van der Waals surface area (Å²) in [7, 11) is 0. The van der Waals surface area contributed by atoms with E-state index in [1.165, 1.54) is 12.8 Å². The molecule has 0 atom stereocenters. The Hall–Kier alpha value is -1.72. The van der Waals surface area contributed by atoms with Crippen molar-refractivity contribution in [1.29, 1.82) is 0 Å². The summed E-state index contributed by atoms with van der Waals surface area (Å²) in [6.45, 7) is 2.64. The van der Waals surface area contributed by atoms with Crippen LogP contribution in [0.25, 0.3) is 11.3 Å². The first-order valence-corrected chi connectivity index (χ1v) is 8.97. The van der Waals surface area contributed by atoms with Crippen molar-refractivity contribution in [1.82, 2.24) is 15.0 Å². The number of halogens is 1. The number of hydrogen-bond acceptors (Lipinski definition) is 5. The zero-order chi connectivity index (χ0) is 16.4. The summed E-state index contributed by atoms with van der Waals surface area (Å²) in [6.07, 6.45) is 9.82. The van der Waals surface area contributed by atoms with Crippen molar-refractivity contribution in [3.8, 4) is 11.3 Å². The van der Waals surface area contributed by atoms with Gasteiger partial charge in [0.25, 0.3) is 0 Å². The third kappa shape index (κ3) is 3.52. The van der Waals surface area contributed by atoms with Gasteiger partial charge in [-0.05, 0) is 37.7 Å². The molecule has 0 amide bonds. The number of anilines is 1. The van der Waals surface area contributed by atoms with E-state index in [2.05, 4.69) is 10.3 Å². The van der Waals surface area contributed by atoms with Crippen molar-refractivity contribution in [2.24, 2.45) is 5.92 Å². The molecule has 6 heteroatoms. The zero-order valence-electron chi connectivity index (χ0n) is 13.5. The Balaban J connectivity index is 1.58. The van der Waals surface area contributed by atoms with Crippen LogP contribution in [0.15, 0.2) is 24.7 Å². The molecule has 2 aliphatic rings. The Morgan fingerprint density at radius 2 is 2.00 bits per heavy atom. The molecule has 2 fully saturated rings. The van der Waals surface area contributed by atoms with Crippen molar-refractivity contribution in [3.05, 3.63) is 35.4 Å². The Labute approximate surface area is 146 Å². The minimum Gasteiger partial charge on any atom is -0.381 e. The summed E-state index contributed by atoms with van der Waals surface area (Å²) in [6, 6.07) is 1.88. The average Bonchev–Trinajstić information content (AvgIpc) is 3.46. The quantitative estimate of drug-likeness (QED) is 0.891. The highest BCUT2D eigenvalue weighted by molar-refractivity contribution is 6.33. The second-order valence-electron chi connectivity index (χ2n) is 6.56. The van der Waals surface area contributed by atoms with Crippen LogP contribution in [0.1, 0.15) is 37.3 Å². The first-order valence-electron chi connectivity index (χ1n) is 8.59. The first kappa shape index (κ1) is 15.8.